The van der Waals surface area contributed by atoms with Crippen molar-refractivity contribution in [1.82, 2.24) is 0 Å². The van der Waals surface area contributed by atoms with Crippen LogP contribution in [0.4, 0.5) is 5.69 Å². The van der Waals surface area contributed by atoms with Gasteiger partial charge in [0.15, 0.2) is 5.75 Å². The normalized spacial score (nSPS) is 11.6. The highest BCUT2D eigenvalue weighted by molar-refractivity contribution is 9.11. The molecule has 0 bridgehead atoms. The van der Waals surface area contributed by atoms with Crippen molar-refractivity contribution in [3.05, 3.63) is 95.9 Å². The molecule has 3 aromatic rings. The molecule has 0 amide bonds. The molecule has 0 heterocycles. The molecule has 162 valence electrons. The van der Waals surface area contributed by atoms with Gasteiger partial charge in [-0.15, -0.1) is 0 Å². The Bertz CT molecular complexity index is 1370. The first kappa shape index (κ1) is 23.9. The molecule has 0 saturated carbocycles. The molecule has 0 unspecified atom stereocenters. The number of non-ortho nitro benzene ring substituents is 1. The molecule has 3 rings (SSSR count). The van der Waals surface area contributed by atoms with Gasteiger partial charge in [-0.2, -0.15) is 13.7 Å². The van der Waals surface area contributed by atoms with E-state index in [-0.39, 0.29) is 21.9 Å². The summed E-state index contributed by atoms with van der Waals surface area (Å²) < 4.78 is 31.9. The average Bonchev–Trinajstić information content (AvgIpc) is 2.74. The number of hydrogen-bond acceptors (Lipinski definition) is 6. The number of nitro groups is 1. The predicted octanol–water partition coefficient (Wildman–Crippen LogP) is 6.61. The Kier molecular flexibility index (Phi) is 7.36. The minimum atomic E-state index is -4.20. The van der Waals surface area contributed by atoms with Crippen molar-refractivity contribution in [3.8, 4) is 11.8 Å². The zero-order chi connectivity index (χ0) is 23.5. The third kappa shape index (κ3) is 5.55. The lowest BCUT2D eigenvalue weighted by Crippen LogP contribution is -2.11. The van der Waals surface area contributed by atoms with Gasteiger partial charge in [-0.1, -0.05) is 27.5 Å². The van der Waals surface area contributed by atoms with Crippen molar-refractivity contribution in [2.24, 2.45) is 0 Å². The minimum absolute atomic E-state index is 0.0298. The maximum atomic E-state index is 12.8. The molecule has 0 spiro atoms. The summed E-state index contributed by atoms with van der Waals surface area (Å²) in [4.78, 5) is 10.2. The molecular weight excluding hydrogens is 588 g/mol. The van der Waals surface area contributed by atoms with E-state index in [1.54, 1.807) is 12.1 Å². The smallest absolute Gasteiger partial charge is 0.339 e. The third-order valence-corrected chi connectivity index (χ3v) is 6.68. The van der Waals surface area contributed by atoms with Gasteiger partial charge in [0.2, 0.25) is 0 Å². The van der Waals surface area contributed by atoms with E-state index in [0.29, 0.717) is 25.1 Å². The summed E-state index contributed by atoms with van der Waals surface area (Å²) >= 11 is 12.5. The molecule has 0 atom stereocenters. The highest BCUT2D eigenvalue weighted by Gasteiger charge is 2.21. The van der Waals surface area contributed by atoms with Crippen molar-refractivity contribution in [1.29, 1.82) is 5.26 Å². The molecule has 0 N–H and O–H groups in total. The Labute approximate surface area is 205 Å². The maximum Gasteiger partial charge on any atom is 0.339 e. The summed E-state index contributed by atoms with van der Waals surface area (Å²) in [5.74, 6) is -0.0298. The summed E-state index contributed by atoms with van der Waals surface area (Å²) in [7, 11) is -4.20. The number of benzene rings is 3. The van der Waals surface area contributed by atoms with Gasteiger partial charge in [0.1, 0.15) is 4.90 Å². The van der Waals surface area contributed by atoms with Crippen LogP contribution in [0.2, 0.25) is 5.02 Å². The van der Waals surface area contributed by atoms with Crippen molar-refractivity contribution in [3.63, 3.8) is 0 Å². The number of nitriles is 1. The fourth-order valence-electron chi connectivity index (χ4n) is 2.63. The average molecular weight is 599 g/mol. The quantitative estimate of drug-likeness (QED) is 0.104. The molecule has 0 aromatic heterocycles. The van der Waals surface area contributed by atoms with E-state index in [9.17, 15) is 23.8 Å². The molecule has 32 heavy (non-hydrogen) atoms. The molecule has 7 nitrogen and oxygen atoms in total. The SMILES string of the molecule is N#C/C(=C\c1cc(Br)cc(Br)c1OS(=O)(=O)c1ccc(Cl)cc1)c1ccc([N+](=O)[O-])cc1. The van der Waals surface area contributed by atoms with Gasteiger partial charge in [-0.25, -0.2) is 0 Å². The summed E-state index contributed by atoms with van der Waals surface area (Å²) in [5, 5.41) is 20.9. The maximum absolute atomic E-state index is 12.8. The second-order valence-electron chi connectivity index (χ2n) is 6.27. The van der Waals surface area contributed by atoms with Gasteiger partial charge in [-0.3, -0.25) is 10.1 Å². The van der Waals surface area contributed by atoms with E-state index in [1.807, 2.05) is 6.07 Å². The Balaban J connectivity index is 2.07. The van der Waals surface area contributed by atoms with Crippen LogP contribution < -0.4 is 4.18 Å². The molecule has 0 saturated heterocycles. The van der Waals surface area contributed by atoms with Crippen molar-refractivity contribution in [2.45, 2.75) is 4.90 Å². The third-order valence-electron chi connectivity index (χ3n) is 4.14. The number of halogens is 3. The van der Waals surface area contributed by atoms with Crippen LogP contribution in [0.3, 0.4) is 0 Å². The van der Waals surface area contributed by atoms with E-state index in [2.05, 4.69) is 31.9 Å². The Morgan fingerprint density at radius 1 is 1.09 bits per heavy atom. The summed E-state index contributed by atoms with van der Waals surface area (Å²) in [6.45, 7) is 0. The zero-order valence-electron chi connectivity index (χ0n) is 15.8. The minimum Gasteiger partial charge on any atom is -0.377 e. The molecule has 0 radical (unpaired) electrons. The lowest BCUT2D eigenvalue weighted by molar-refractivity contribution is -0.384. The largest absolute Gasteiger partial charge is 0.377 e. The van der Waals surface area contributed by atoms with Crippen LogP contribution >= 0.6 is 43.5 Å². The van der Waals surface area contributed by atoms with Crippen LogP contribution in [0.1, 0.15) is 11.1 Å². The number of allylic oxidation sites excluding steroid dienone is 1. The Morgan fingerprint density at radius 3 is 2.28 bits per heavy atom. The summed E-state index contributed by atoms with van der Waals surface area (Å²) in [6.07, 6.45) is 1.43. The molecule has 3 aromatic carbocycles. The zero-order valence-corrected chi connectivity index (χ0v) is 20.6. The summed E-state index contributed by atoms with van der Waals surface area (Å²) in [5.41, 5.74) is 0.743. The van der Waals surface area contributed by atoms with Crippen LogP contribution in [-0.4, -0.2) is 13.3 Å². The van der Waals surface area contributed by atoms with Crippen LogP contribution in [0, 0.1) is 21.4 Å². The molecule has 0 aliphatic rings. The van der Waals surface area contributed by atoms with E-state index in [0.717, 1.165) is 0 Å². The van der Waals surface area contributed by atoms with Gasteiger partial charge in [0.25, 0.3) is 5.69 Å². The number of rotatable bonds is 6. The predicted molar refractivity (Wildman–Crippen MR) is 128 cm³/mol. The Hall–Kier alpha value is -2.71. The van der Waals surface area contributed by atoms with Crippen LogP contribution in [0.25, 0.3) is 11.6 Å². The molecule has 0 fully saturated rings. The molecule has 0 aliphatic heterocycles. The van der Waals surface area contributed by atoms with E-state index < -0.39 is 15.0 Å². The highest BCUT2D eigenvalue weighted by atomic mass is 79.9. The van der Waals surface area contributed by atoms with Gasteiger partial charge in [0, 0.05) is 27.2 Å². The van der Waals surface area contributed by atoms with Gasteiger partial charge < -0.3 is 4.18 Å². The standard InChI is InChI=1S/C21H11Br2ClN2O5S/c22-16-10-14(9-15(12-25)13-1-5-18(6-2-13)26(27)28)21(20(23)11-16)31-32(29,30)19-7-3-17(24)4-8-19/h1-11H/b15-9+. The first-order valence-corrected chi connectivity index (χ1v) is 12.0. The van der Waals surface area contributed by atoms with E-state index in [4.69, 9.17) is 15.8 Å². The molecular formula is C21H11Br2ClN2O5S. The number of nitrogens with zero attached hydrogens (tertiary/aromatic N) is 2. The van der Waals surface area contributed by atoms with Crippen LogP contribution in [0.15, 0.2) is 74.5 Å². The second-order valence-corrected chi connectivity index (χ2v) is 10.0. The van der Waals surface area contributed by atoms with Crippen molar-refractivity contribution < 1.29 is 17.5 Å². The van der Waals surface area contributed by atoms with E-state index in [1.165, 1.54) is 54.6 Å². The lowest BCUT2D eigenvalue weighted by atomic mass is 10.0. The second kappa shape index (κ2) is 9.83. The topological polar surface area (TPSA) is 110 Å². The van der Waals surface area contributed by atoms with Gasteiger partial charge >= 0.3 is 10.1 Å². The van der Waals surface area contributed by atoms with Crippen molar-refractivity contribution >= 4 is 70.9 Å². The molecule has 11 heteroatoms. The van der Waals surface area contributed by atoms with Gasteiger partial charge in [0.05, 0.1) is 21.0 Å². The van der Waals surface area contributed by atoms with Crippen LogP contribution in [0.5, 0.6) is 5.75 Å². The van der Waals surface area contributed by atoms with Crippen LogP contribution in [-0.2, 0) is 10.1 Å². The van der Waals surface area contributed by atoms with Gasteiger partial charge in [-0.05, 0) is 76.1 Å². The fourth-order valence-corrected chi connectivity index (χ4v) is 5.18. The Morgan fingerprint density at radius 2 is 1.72 bits per heavy atom. The first-order valence-electron chi connectivity index (χ1n) is 8.66. The lowest BCUT2D eigenvalue weighted by Gasteiger charge is -2.13. The van der Waals surface area contributed by atoms with Crippen molar-refractivity contribution in [2.75, 3.05) is 0 Å². The van der Waals surface area contributed by atoms with E-state index >= 15 is 0 Å². The molecule has 0 aliphatic carbocycles. The highest BCUT2D eigenvalue weighted by Crippen LogP contribution is 2.37. The number of nitro benzene ring substituents is 1. The monoisotopic (exact) mass is 596 g/mol. The summed E-state index contributed by atoms with van der Waals surface area (Å²) in [6, 6.07) is 16.1. The number of hydrogen-bond donors (Lipinski definition) is 0. The first-order chi connectivity index (χ1) is 15.1. The fraction of sp³-hybridized carbons (Fsp3) is 0.